The minimum Gasteiger partial charge on any atom is -0.384 e. The second-order valence-electron chi connectivity index (χ2n) is 3.59. The lowest BCUT2D eigenvalue weighted by atomic mass is 10.3. The Bertz CT molecular complexity index is 464. The van der Waals surface area contributed by atoms with Gasteiger partial charge in [0.25, 0.3) is 10.2 Å². The first-order valence-corrected chi connectivity index (χ1v) is 6.87. The van der Waals surface area contributed by atoms with E-state index in [9.17, 15) is 8.42 Å². The summed E-state index contributed by atoms with van der Waals surface area (Å²) in [6.45, 7) is 4.61. The fraction of sp³-hybridized carbons (Fsp3) is 0.667. The Morgan fingerprint density at radius 2 is 2.06 bits per heavy atom. The molecule has 0 saturated carbocycles. The Morgan fingerprint density at radius 1 is 1.47 bits per heavy atom. The molecule has 7 nitrogen and oxygen atoms in total. The smallest absolute Gasteiger partial charge is 0.279 e. The Labute approximate surface area is 102 Å². The molecule has 0 atom stereocenters. The maximum atomic E-state index is 11.8. The molecule has 1 heterocycles. The summed E-state index contributed by atoms with van der Waals surface area (Å²) in [5, 5.41) is 3.95. The van der Waals surface area contributed by atoms with Crippen molar-refractivity contribution < 1.29 is 8.42 Å². The highest BCUT2D eigenvalue weighted by Gasteiger charge is 2.18. The zero-order valence-electron chi connectivity index (χ0n) is 10.3. The number of nitrogen functional groups attached to an aromatic ring is 1. The van der Waals surface area contributed by atoms with Crippen molar-refractivity contribution in [2.75, 3.05) is 18.8 Å². The van der Waals surface area contributed by atoms with Crippen LogP contribution in [-0.4, -0.2) is 35.6 Å². The summed E-state index contributed by atoms with van der Waals surface area (Å²) in [5.41, 5.74) is 6.39. The van der Waals surface area contributed by atoms with Gasteiger partial charge in [0.15, 0.2) is 0 Å². The van der Waals surface area contributed by atoms with Crippen molar-refractivity contribution in [1.29, 1.82) is 0 Å². The molecular weight excluding hydrogens is 242 g/mol. The van der Waals surface area contributed by atoms with Crippen molar-refractivity contribution in [2.45, 2.75) is 20.4 Å². The van der Waals surface area contributed by atoms with Crippen LogP contribution in [-0.2, 0) is 23.8 Å². The molecule has 1 rings (SSSR count). The zero-order chi connectivity index (χ0) is 13.1. The van der Waals surface area contributed by atoms with Gasteiger partial charge in [0.05, 0.1) is 6.20 Å². The number of hydrogen-bond acceptors (Lipinski definition) is 4. The molecule has 0 bridgehead atoms. The van der Waals surface area contributed by atoms with Gasteiger partial charge in [-0.25, -0.2) is 0 Å². The van der Waals surface area contributed by atoms with Crippen molar-refractivity contribution in [1.82, 2.24) is 18.8 Å². The molecule has 8 heteroatoms. The van der Waals surface area contributed by atoms with Gasteiger partial charge in [-0.1, -0.05) is 13.8 Å². The van der Waals surface area contributed by atoms with Crippen LogP contribution >= 0.6 is 0 Å². The number of nitrogens with one attached hydrogen (secondary N) is 1. The summed E-state index contributed by atoms with van der Waals surface area (Å²) in [5.74, 6) is 0.465. The topological polar surface area (TPSA) is 93.2 Å². The maximum Gasteiger partial charge on any atom is 0.279 e. The van der Waals surface area contributed by atoms with Crippen LogP contribution < -0.4 is 10.5 Å². The van der Waals surface area contributed by atoms with E-state index in [2.05, 4.69) is 9.82 Å². The predicted octanol–water partition coefficient (Wildman–Crippen LogP) is -0.321. The van der Waals surface area contributed by atoms with E-state index in [1.54, 1.807) is 27.1 Å². The van der Waals surface area contributed by atoms with E-state index in [1.807, 2.05) is 0 Å². The largest absolute Gasteiger partial charge is 0.384 e. The first-order chi connectivity index (χ1) is 7.92. The highest BCUT2D eigenvalue weighted by molar-refractivity contribution is 7.87. The van der Waals surface area contributed by atoms with Crippen molar-refractivity contribution in [2.24, 2.45) is 7.05 Å². The normalized spacial score (nSPS) is 12.2. The van der Waals surface area contributed by atoms with Crippen LogP contribution in [0.1, 0.15) is 19.4 Å². The summed E-state index contributed by atoms with van der Waals surface area (Å²) in [6, 6.07) is 0. The van der Waals surface area contributed by atoms with E-state index in [-0.39, 0.29) is 6.54 Å². The van der Waals surface area contributed by atoms with Crippen LogP contribution in [0.2, 0.25) is 0 Å². The standard InChI is InChI=1S/C9H19N5O2S/c1-4-14(5-2)17(15,16)12-7-8-6-11-13(3)9(8)10/h6,12H,4-5,7,10H2,1-3H3. The molecule has 17 heavy (non-hydrogen) atoms. The average Bonchev–Trinajstić information content (AvgIpc) is 2.58. The van der Waals surface area contributed by atoms with Crippen molar-refractivity contribution in [3.05, 3.63) is 11.8 Å². The summed E-state index contributed by atoms with van der Waals surface area (Å²) >= 11 is 0. The number of nitrogens with two attached hydrogens (primary N) is 1. The Kier molecular flexibility index (Phi) is 4.49. The Hall–Kier alpha value is -1.12. The molecule has 1 aromatic heterocycles. The summed E-state index contributed by atoms with van der Waals surface area (Å²) in [7, 11) is -1.73. The third kappa shape index (κ3) is 3.18. The van der Waals surface area contributed by atoms with E-state index in [0.717, 1.165) is 0 Å². The van der Waals surface area contributed by atoms with Gasteiger partial charge in [-0.3, -0.25) is 4.68 Å². The molecule has 0 unspecified atom stereocenters. The minimum absolute atomic E-state index is 0.151. The maximum absolute atomic E-state index is 11.8. The highest BCUT2D eigenvalue weighted by Crippen LogP contribution is 2.09. The second kappa shape index (κ2) is 5.48. The fourth-order valence-electron chi connectivity index (χ4n) is 1.45. The third-order valence-electron chi connectivity index (χ3n) is 2.55. The van der Waals surface area contributed by atoms with Gasteiger partial charge in [0, 0.05) is 32.2 Å². The molecule has 0 aliphatic rings. The number of rotatable bonds is 6. The quantitative estimate of drug-likeness (QED) is 0.734. The minimum atomic E-state index is -3.44. The summed E-state index contributed by atoms with van der Waals surface area (Å²) in [6.07, 6.45) is 1.56. The second-order valence-corrected chi connectivity index (χ2v) is 5.34. The number of anilines is 1. The molecule has 0 aromatic carbocycles. The molecule has 0 saturated heterocycles. The van der Waals surface area contributed by atoms with Crippen LogP contribution in [0.15, 0.2) is 6.20 Å². The molecule has 3 N–H and O–H groups in total. The Morgan fingerprint density at radius 3 is 2.47 bits per heavy atom. The molecule has 0 aliphatic heterocycles. The van der Waals surface area contributed by atoms with Gasteiger partial charge in [-0.05, 0) is 0 Å². The van der Waals surface area contributed by atoms with E-state index in [0.29, 0.717) is 24.5 Å². The fourth-order valence-corrected chi connectivity index (χ4v) is 2.65. The Balaban J connectivity index is 2.71. The number of aromatic nitrogens is 2. The predicted molar refractivity (Wildman–Crippen MR) is 66.3 cm³/mol. The molecule has 1 aromatic rings. The molecule has 98 valence electrons. The zero-order valence-corrected chi connectivity index (χ0v) is 11.2. The average molecular weight is 261 g/mol. The first kappa shape index (κ1) is 13.9. The van der Waals surface area contributed by atoms with E-state index in [1.165, 1.54) is 8.99 Å². The van der Waals surface area contributed by atoms with Gasteiger partial charge in [-0.15, -0.1) is 0 Å². The van der Waals surface area contributed by atoms with Gasteiger partial charge in [-0.2, -0.15) is 22.5 Å². The molecule has 0 spiro atoms. The summed E-state index contributed by atoms with van der Waals surface area (Å²) < 4.78 is 29.0. The highest BCUT2D eigenvalue weighted by atomic mass is 32.2. The molecule has 0 aliphatic carbocycles. The molecular formula is C9H19N5O2S. The van der Waals surface area contributed by atoms with E-state index >= 15 is 0 Å². The van der Waals surface area contributed by atoms with Crippen molar-refractivity contribution >= 4 is 16.0 Å². The van der Waals surface area contributed by atoms with Gasteiger partial charge in [0.1, 0.15) is 5.82 Å². The first-order valence-electron chi connectivity index (χ1n) is 5.43. The van der Waals surface area contributed by atoms with Gasteiger partial charge >= 0.3 is 0 Å². The lowest BCUT2D eigenvalue weighted by Crippen LogP contribution is -2.40. The van der Waals surface area contributed by atoms with Gasteiger partial charge < -0.3 is 5.73 Å². The number of nitrogens with zero attached hydrogens (tertiary/aromatic N) is 3. The van der Waals surface area contributed by atoms with Crippen LogP contribution in [0.3, 0.4) is 0 Å². The number of hydrogen-bond donors (Lipinski definition) is 2. The van der Waals surface area contributed by atoms with Crippen molar-refractivity contribution in [3.8, 4) is 0 Å². The molecule has 0 fully saturated rings. The van der Waals surface area contributed by atoms with Crippen LogP contribution in [0.5, 0.6) is 0 Å². The molecule has 0 radical (unpaired) electrons. The van der Waals surface area contributed by atoms with Crippen LogP contribution in [0, 0.1) is 0 Å². The lowest BCUT2D eigenvalue weighted by Gasteiger charge is -2.18. The van der Waals surface area contributed by atoms with E-state index in [4.69, 9.17) is 5.73 Å². The van der Waals surface area contributed by atoms with Gasteiger partial charge in [0.2, 0.25) is 0 Å². The third-order valence-corrected chi connectivity index (χ3v) is 4.26. The SMILES string of the molecule is CCN(CC)S(=O)(=O)NCc1cnn(C)c1N. The number of aryl methyl sites for hydroxylation is 1. The van der Waals surface area contributed by atoms with Crippen LogP contribution in [0.25, 0.3) is 0 Å². The van der Waals surface area contributed by atoms with E-state index < -0.39 is 10.2 Å². The van der Waals surface area contributed by atoms with Crippen molar-refractivity contribution in [3.63, 3.8) is 0 Å². The monoisotopic (exact) mass is 261 g/mol. The summed E-state index contributed by atoms with van der Waals surface area (Å²) in [4.78, 5) is 0. The lowest BCUT2D eigenvalue weighted by molar-refractivity contribution is 0.434. The van der Waals surface area contributed by atoms with Crippen LogP contribution in [0.4, 0.5) is 5.82 Å². The molecule has 0 amide bonds.